The SMILES string of the molecule is Cc1ccc(C#N)cc1S(=O)(=O)NCc1ccco1. The van der Waals surface area contributed by atoms with Crippen LogP contribution in [0.1, 0.15) is 16.9 Å². The maximum Gasteiger partial charge on any atom is 0.241 e. The van der Waals surface area contributed by atoms with Gasteiger partial charge < -0.3 is 4.42 Å². The van der Waals surface area contributed by atoms with Crippen molar-refractivity contribution in [2.75, 3.05) is 0 Å². The van der Waals surface area contributed by atoms with Crippen molar-refractivity contribution in [3.63, 3.8) is 0 Å². The fourth-order valence-corrected chi connectivity index (χ4v) is 2.88. The van der Waals surface area contributed by atoms with Crippen LogP contribution < -0.4 is 4.72 Å². The second-order valence-electron chi connectivity index (χ2n) is 4.00. The minimum atomic E-state index is -3.66. The summed E-state index contributed by atoms with van der Waals surface area (Å²) in [5.74, 6) is 0.526. The van der Waals surface area contributed by atoms with Gasteiger partial charge in [0, 0.05) is 0 Å². The summed E-state index contributed by atoms with van der Waals surface area (Å²) in [4.78, 5) is 0.109. The normalized spacial score (nSPS) is 11.2. The lowest BCUT2D eigenvalue weighted by atomic mass is 10.2. The molecular weight excluding hydrogens is 264 g/mol. The predicted molar refractivity (Wildman–Crippen MR) is 68.6 cm³/mol. The first-order chi connectivity index (χ1) is 9.03. The minimum Gasteiger partial charge on any atom is -0.468 e. The fourth-order valence-electron chi connectivity index (χ4n) is 1.62. The highest BCUT2D eigenvalue weighted by Crippen LogP contribution is 2.17. The van der Waals surface area contributed by atoms with Crippen LogP contribution in [-0.2, 0) is 16.6 Å². The summed E-state index contributed by atoms with van der Waals surface area (Å²) in [6, 6.07) is 9.85. The van der Waals surface area contributed by atoms with Gasteiger partial charge in [0.15, 0.2) is 0 Å². The Morgan fingerprint density at radius 3 is 2.79 bits per heavy atom. The molecule has 0 spiro atoms. The van der Waals surface area contributed by atoms with E-state index in [1.165, 1.54) is 12.3 Å². The van der Waals surface area contributed by atoms with Crippen molar-refractivity contribution in [1.29, 1.82) is 5.26 Å². The standard InChI is InChI=1S/C13H12N2O3S/c1-10-4-5-11(8-14)7-13(10)19(16,17)15-9-12-3-2-6-18-12/h2-7,15H,9H2,1H3. The maximum absolute atomic E-state index is 12.2. The molecule has 0 aliphatic rings. The first kappa shape index (κ1) is 13.3. The molecule has 0 unspecified atom stereocenters. The van der Waals surface area contributed by atoms with Crippen LogP contribution in [0.5, 0.6) is 0 Å². The summed E-state index contributed by atoms with van der Waals surface area (Å²) in [6.07, 6.45) is 1.48. The third-order valence-corrected chi connectivity index (χ3v) is 4.17. The van der Waals surface area contributed by atoms with E-state index in [-0.39, 0.29) is 11.4 Å². The lowest BCUT2D eigenvalue weighted by molar-refractivity contribution is 0.498. The number of hydrogen-bond donors (Lipinski definition) is 1. The molecule has 6 heteroatoms. The van der Waals surface area contributed by atoms with Gasteiger partial charge in [0.25, 0.3) is 0 Å². The first-order valence-electron chi connectivity index (χ1n) is 5.56. The molecule has 0 aliphatic heterocycles. The first-order valence-corrected chi connectivity index (χ1v) is 7.04. The van der Waals surface area contributed by atoms with Crippen LogP contribution in [0.2, 0.25) is 0 Å². The van der Waals surface area contributed by atoms with Gasteiger partial charge in [-0.15, -0.1) is 0 Å². The van der Waals surface area contributed by atoms with Crippen molar-refractivity contribution in [2.45, 2.75) is 18.4 Å². The molecule has 1 aromatic carbocycles. The number of aryl methyl sites for hydroxylation is 1. The summed E-state index contributed by atoms with van der Waals surface area (Å²) in [5, 5.41) is 8.82. The van der Waals surface area contributed by atoms with Crippen molar-refractivity contribution in [3.05, 3.63) is 53.5 Å². The maximum atomic E-state index is 12.2. The van der Waals surface area contributed by atoms with E-state index in [9.17, 15) is 8.42 Å². The topological polar surface area (TPSA) is 83.1 Å². The van der Waals surface area contributed by atoms with Gasteiger partial charge in [-0.1, -0.05) is 6.07 Å². The van der Waals surface area contributed by atoms with E-state index < -0.39 is 10.0 Å². The monoisotopic (exact) mass is 276 g/mol. The molecule has 0 bridgehead atoms. The van der Waals surface area contributed by atoms with Crippen LogP contribution in [-0.4, -0.2) is 8.42 Å². The molecule has 0 saturated carbocycles. The van der Waals surface area contributed by atoms with Crippen molar-refractivity contribution in [3.8, 4) is 6.07 Å². The Hall–Kier alpha value is -2.10. The van der Waals surface area contributed by atoms with Crippen LogP contribution in [0.15, 0.2) is 45.9 Å². The summed E-state index contributed by atoms with van der Waals surface area (Å²) in [6.45, 7) is 1.76. The molecule has 2 rings (SSSR count). The Labute approximate surface area is 111 Å². The summed E-state index contributed by atoms with van der Waals surface area (Å²) < 4.78 is 31.8. The van der Waals surface area contributed by atoms with E-state index in [2.05, 4.69) is 4.72 Å². The van der Waals surface area contributed by atoms with Crippen molar-refractivity contribution >= 4 is 10.0 Å². The lowest BCUT2D eigenvalue weighted by Crippen LogP contribution is -2.23. The van der Waals surface area contributed by atoms with Crippen LogP contribution in [0, 0.1) is 18.3 Å². The average molecular weight is 276 g/mol. The molecule has 0 radical (unpaired) electrons. The Morgan fingerprint density at radius 2 is 2.16 bits per heavy atom. The summed E-state index contributed by atoms with van der Waals surface area (Å²) in [5.41, 5.74) is 0.898. The van der Waals surface area contributed by atoms with Gasteiger partial charge in [0.1, 0.15) is 5.76 Å². The molecule has 19 heavy (non-hydrogen) atoms. The van der Waals surface area contributed by atoms with Gasteiger partial charge in [-0.2, -0.15) is 5.26 Å². The lowest BCUT2D eigenvalue weighted by Gasteiger charge is -2.08. The molecule has 98 valence electrons. The zero-order valence-electron chi connectivity index (χ0n) is 10.3. The second-order valence-corrected chi connectivity index (χ2v) is 5.73. The quantitative estimate of drug-likeness (QED) is 0.925. The third-order valence-electron chi connectivity index (χ3n) is 2.62. The van der Waals surface area contributed by atoms with Gasteiger partial charge in [0.2, 0.25) is 10.0 Å². The Morgan fingerprint density at radius 1 is 1.37 bits per heavy atom. The fraction of sp³-hybridized carbons (Fsp3) is 0.154. The number of hydrogen-bond acceptors (Lipinski definition) is 4. The minimum absolute atomic E-state index is 0.0750. The molecule has 5 nitrogen and oxygen atoms in total. The molecule has 0 aliphatic carbocycles. The van der Waals surface area contributed by atoms with E-state index in [1.807, 2.05) is 6.07 Å². The van der Waals surface area contributed by atoms with Gasteiger partial charge in [-0.05, 0) is 36.8 Å². The predicted octanol–water partition coefficient (Wildman–Crippen LogP) is 1.94. The van der Waals surface area contributed by atoms with Crippen LogP contribution in [0.3, 0.4) is 0 Å². The van der Waals surface area contributed by atoms with Crippen LogP contribution in [0.25, 0.3) is 0 Å². The van der Waals surface area contributed by atoms with Gasteiger partial charge in [-0.3, -0.25) is 0 Å². The van der Waals surface area contributed by atoms with E-state index in [0.717, 1.165) is 0 Å². The average Bonchev–Trinajstić information content (AvgIpc) is 2.90. The van der Waals surface area contributed by atoms with Crippen molar-refractivity contribution < 1.29 is 12.8 Å². The van der Waals surface area contributed by atoms with E-state index in [1.54, 1.807) is 31.2 Å². The number of furan rings is 1. The second kappa shape index (κ2) is 5.26. The zero-order valence-corrected chi connectivity index (χ0v) is 11.1. The number of nitrogens with zero attached hydrogens (tertiary/aromatic N) is 1. The molecule has 1 heterocycles. The molecule has 0 fully saturated rings. The molecule has 1 N–H and O–H groups in total. The Kier molecular flexibility index (Phi) is 3.69. The van der Waals surface area contributed by atoms with Gasteiger partial charge >= 0.3 is 0 Å². The smallest absolute Gasteiger partial charge is 0.241 e. The number of benzene rings is 1. The zero-order chi connectivity index (χ0) is 13.9. The van der Waals surface area contributed by atoms with Crippen molar-refractivity contribution in [2.24, 2.45) is 0 Å². The molecule has 1 aromatic heterocycles. The molecular formula is C13H12N2O3S. The van der Waals surface area contributed by atoms with Crippen LogP contribution in [0.4, 0.5) is 0 Å². The van der Waals surface area contributed by atoms with Crippen LogP contribution >= 0.6 is 0 Å². The number of rotatable bonds is 4. The van der Waals surface area contributed by atoms with E-state index in [0.29, 0.717) is 16.9 Å². The third kappa shape index (κ3) is 3.02. The Balaban J connectivity index is 2.27. The number of sulfonamides is 1. The number of nitriles is 1. The number of nitrogens with one attached hydrogen (secondary N) is 1. The van der Waals surface area contributed by atoms with Gasteiger partial charge in [-0.25, -0.2) is 13.1 Å². The largest absolute Gasteiger partial charge is 0.468 e. The molecule has 0 atom stereocenters. The highest BCUT2D eigenvalue weighted by molar-refractivity contribution is 7.89. The van der Waals surface area contributed by atoms with Gasteiger partial charge in [0.05, 0.1) is 29.3 Å². The molecule has 0 amide bonds. The Bertz CT molecular complexity index is 713. The van der Waals surface area contributed by atoms with Crippen molar-refractivity contribution in [1.82, 2.24) is 4.72 Å². The highest BCUT2D eigenvalue weighted by atomic mass is 32.2. The highest BCUT2D eigenvalue weighted by Gasteiger charge is 2.17. The summed E-state index contributed by atoms with van der Waals surface area (Å²) in [7, 11) is -3.66. The van der Waals surface area contributed by atoms with E-state index >= 15 is 0 Å². The summed E-state index contributed by atoms with van der Waals surface area (Å²) >= 11 is 0. The molecule has 2 aromatic rings. The molecule has 0 saturated heterocycles. The van der Waals surface area contributed by atoms with E-state index in [4.69, 9.17) is 9.68 Å².